The van der Waals surface area contributed by atoms with Crippen molar-refractivity contribution in [1.29, 1.82) is 0 Å². The highest BCUT2D eigenvalue weighted by molar-refractivity contribution is 5.21. The van der Waals surface area contributed by atoms with Crippen LogP contribution >= 0.6 is 0 Å². The van der Waals surface area contributed by atoms with Crippen LogP contribution in [-0.2, 0) is 0 Å². The van der Waals surface area contributed by atoms with Crippen molar-refractivity contribution in [2.45, 2.75) is 65.9 Å². The van der Waals surface area contributed by atoms with Crippen LogP contribution in [0.4, 0.5) is 0 Å². The van der Waals surface area contributed by atoms with Crippen LogP contribution in [0, 0.1) is 28.6 Å². The van der Waals surface area contributed by atoms with Gasteiger partial charge in [-0.1, -0.05) is 46.5 Å². The topological polar surface area (TPSA) is 23.5 Å². The fraction of sp³-hybridized carbons (Fsp3) is 0.889. The van der Waals surface area contributed by atoms with E-state index in [1.165, 1.54) is 6.42 Å². The van der Waals surface area contributed by atoms with E-state index in [9.17, 15) is 5.11 Å². The van der Waals surface area contributed by atoms with E-state index in [1.54, 1.807) is 0 Å². The van der Waals surface area contributed by atoms with Crippen molar-refractivity contribution in [2.24, 2.45) is 16.7 Å². The molecule has 1 N–H and O–H groups in total. The fourth-order valence-electron chi connectivity index (χ4n) is 4.51. The first-order chi connectivity index (χ1) is 9.30. The number of fused-ring (bicyclic) bond motifs is 2. The lowest BCUT2D eigenvalue weighted by molar-refractivity contribution is -0.0852. The van der Waals surface area contributed by atoms with Gasteiger partial charge in [-0.15, -0.1) is 0 Å². The van der Waals surface area contributed by atoms with Crippen LogP contribution in [0.2, 0.25) is 0 Å². The first-order valence-electron chi connectivity index (χ1n) is 8.21. The fourth-order valence-corrected chi connectivity index (χ4v) is 4.51. The second-order valence-electron chi connectivity index (χ2n) is 7.52. The summed E-state index contributed by atoms with van der Waals surface area (Å²) in [6.45, 7) is 14.2. The summed E-state index contributed by atoms with van der Waals surface area (Å²) in [6.07, 6.45) is 4.01. The van der Waals surface area contributed by atoms with Crippen LogP contribution in [0.15, 0.2) is 0 Å². The smallest absolute Gasteiger partial charge is 0.0817 e. The van der Waals surface area contributed by atoms with Crippen LogP contribution in [-0.4, -0.2) is 35.2 Å². The van der Waals surface area contributed by atoms with E-state index in [2.05, 4.69) is 51.4 Å². The zero-order chi connectivity index (χ0) is 15.0. The molecule has 3 atom stereocenters. The van der Waals surface area contributed by atoms with E-state index in [0.29, 0.717) is 12.3 Å². The number of nitrogens with zero attached hydrogens (tertiary/aromatic N) is 1. The Labute approximate surface area is 124 Å². The maximum Gasteiger partial charge on any atom is 0.0817 e. The summed E-state index contributed by atoms with van der Waals surface area (Å²) in [4.78, 5) is 2.31. The summed E-state index contributed by atoms with van der Waals surface area (Å²) in [6, 6.07) is 0. The molecule has 0 unspecified atom stereocenters. The third-order valence-corrected chi connectivity index (χ3v) is 6.75. The van der Waals surface area contributed by atoms with Gasteiger partial charge in [-0.25, -0.2) is 0 Å². The molecule has 0 aliphatic heterocycles. The largest absolute Gasteiger partial charge is 0.388 e. The molecule has 0 amide bonds. The van der Waals surface area contributed by atoms with Gasteiger partial charge in [-0.2, -0.15) is 0 Å². The van der Waals surface area contributed by atoms with E-state index in [-0.39, 0.29) is 10.8 Å². The molecule has 2 fully saturated rings. The zero-order valence-corrected chi connectivity index (χ0v) is 13.9. The lowest BCUT2D eigenvalue weighted by atomic mass is 9.63. The van der Waals surface area contributed by atoms with Crippen LogP contribution in [0.3, 0.4) is 0 Å². The van der Waals surface area contributed by atoms with Gasteiger partial charge in [0.1, 0.15) is 0 Å². The Balaban J connectivity index is 2.02. The Morgan fingerprint density at radius 1 is 1.15 bits per heavy atom. The van der Waals surface area contributed by atoms with Crippen LogP contribution in [0.5, 0.6) is 0 Å². The minimum absolute atomic E-state index is 0.0363. The molecule has 114 valence electrons. The Hall–Kier alpha value is -0.520. The second-order valence-corrected chi connectivity index (χ2v) is 7.52. The predicted molar refractivity (Wildman–Crippen MR) is 84.4 cm³/mol. The SMILES string of the molecule is CCN(CC)CC#CC[C@]1(O)C[C@@H]2CC[C@@]1(C)C2(C)C. The van der Waals surface area contributed by atoms with E-state index in [1.807, 2.05) is 0 Å². The van der Waals surface area contributed by atoms with Crippen LogP contribution < -0.4 is 0 Å². The average Bonchev–Trinajstić information content (AvgIpc) is 2.71. The summed E-state index contributed by atoms with van der Waals surface area (Å²) in [5, 5.41) is 11.1. The van der Waals surface area contributed by atoms with Gasteiger partial charge in [0.15, 0.2) is 0 Å². The second kappa shape index (κ2) is 5.35. The standard InChI is InChI=1S/C18H31NO/c1-6-19(7-2)13-9-8-11-18(20)14-15-10-12-17(18,5)16(15,3)4/h15,20H,6-7,10-14H2,1-5H3/t15-,17-,18-/m0/s1. The molecular formula is C18H31NO. The van der Waals surface area contributed by atoms with E-state index in [4.69, 9.17) is 0 Å². The molecule has 0 saturated heterocycles. The molecule has 20 heavy (non-hydrogen) atoms. The van der Waals surface area contributed by atoms with E-state index >= 15 is 0 Å². The van der Waals surface area contributed by atoms with Crippen molar-refractivity contribution in [1.82, 2.24) is 4.90 Å². The first kappa shape index (κ1) is 15.9. The van der Waals surface area contributed by atoms with Gasteiger partial charge >= 0.3 is 0 Å². The Morgan fingerprint density at radius 2 is 1.80 bits per heavy atom. The van der Waals surface area contributed by atoms with E-state index in [0.717, 1.165) is 32.5 Å². The molecule has 2 aliphatic carbocycles. The van der Waals surface area contributed by atoms with Gasteiger partial charge in [-0.05, 0) is 43.7 Å². The number of rotatable bonds is 4. The van der Waals surface area contributed by atoms with Crippen molar-refractivity contribution < 1.29 is 5.11 Å². The van der Waals surface area contributed by atoms with Gasteiger partial charge in [0.05, 0.1) is 12.1 Å². The van der Waals surface area contributed by atoms with Gasteiger partial charge in [0, 0.05) is 11.8 Å². The molecule has 0 radical (unpaired) electrons. The van der Waals surface area contributed by atoms with E-state index < -0.39 is 5.60 Å². The van der Waals surface area contributed by atoms with Crippen molar-refractivity contribution in [3.63, 3.8) is 0 Å². The molecule has 2 nitrogen and oxygen atoms in total. The molecule has 0 spiro atoms. The van der Waals surface area contributed by atoms with Crippen LogP contribution in [0.1, 0.15) is 60.3 Å². The first-order valence-corrected chi connectivity index (χ1v) is 8.21. The maximum absolute atomic E-state index is 11.1. The van der Waals surface area contributed by atoms with Crippen molar-refractivity contribution in [3.8, 4) is 11.8 Å². The van der Waals surface area contributed by atoms with Crippen molar-refractivity contribution in [3.05, 3.63) is 0 Å². The Kier molecular flexibility index (Phi) is 4.24. The third kappa shape index (κ3) is 2.20. The van der Waals surface area contributed by atoms with Gasteiger partial charge in [0.2, 0.25) is 0 Å². The summed E-state index contributed by atoms with van der Waals surface area (Å²) in [7, 11) is 0. The summed E-state index contributed by atoms with van der Waals surface area (Å²) in [5.74, 6) is 7.20. The maximum atomic E-state index is 11.1. The highest BCUT2D eigenvalue weighted by Crippen LogP contribution is 2.70. The van der Waals surface area contributed by atoms with Crippen LogP contribution in [0.25, 0.3) is 0 Å². The zero-order valence-electron chi connectivity index (χ0n) is 13.9. The van der Waals surface area contributed by atoms with Crippen molar-refractivity contribution in [2.75, 3.05) is 19.6 Å². The molecule has 2 rings (SSSR count). The number of hydrogen-bond donors (Lipinski definition) is 1. The van der Waals surface area contributed by atoms with Gasteiger partial charge in [-0.3, -0.25) is 4.90 Å². The molecule has 2 aliphatic rings. The lowest BCUT2D eigenvalue weighted by Crippen LogP contribution is -2.46. The third-order valence-electron chi connectivity index (χ3n) is 6.75. The molecular weight excluding hydrogens is 246 g/mol. The molecule has 2 heteroatoms. The predicted octanol–water partition coefficient (Wildman–Crippen LogP) is 3.30. The quantitative estimate of drug-likeness (QED) is 0.797. The Morgan fingerprint density at radius 3 is 2.25 bits per heavy atom. The molecule has 0 aromatic carbocycles. The molecule has 0 aromatic heterocycles. The minimum atomic E-state index is -0.574. The highest BCUT2D eigenvalue weighted by Gasteiger charge is 2.67. The summed E-state index contributed by atoms with van der Waals surface area (Å²) < 4.78 is 0. The number of hydrogen-bond acceptors (Lipinski definition) is 2. The van der Waals surface area contributed by atoms with Gasteiger partial charge in [0.25, 0.3) is 0 Å². The lowest BCUT2D eigenvalue weighted by Gasteiger charge is -2.44. The molecule has 2 bridgehead atoms. The summed E-state index contributed by atoms with van der Waals surface area (Å²) >= 11 is 0. The average molecular weight is 277 g/mol. The Bertz CT molecular complexity index is 415. The highest BCUT2D eigenvalue weighted by atomic mass is 16.3. The summed E-state index contributed by atoms with van der Waals surface area (Å²) in [5.41, 5.74) is -0.285. The molecule has 0 heterocycles. The normalized spacial score (nSPS) is 38.0. The minimum Gasteiger partial charge on any atom is -0.388 e. The van der Waals surface area contributed by atoms with Gasteiger partial charge < -0.3 is 5.11 Å². The molecule has 0 aromatic rings. The van der Waals surface area contributed by atoms with Crippen molar-refractivity contribution >= 4 is 0 Å². The monoisotopic (exact) mass is 277 g/mol. The molecule has 2 saturated carbocycles. The number of aliphatic hydroxyl groups is 1.